The smallest absolute Gasteiger partial charge is 0.330 e. The maximum Gasteiger partial charge on any atom is 0.330 e. The number of aryl methyl sites for hydroxylation is 1. The summed E-state index contributed by atoms with van der Waals surface area (Å²) in [6, 6.07) is 17.4. The second kappa shape index (κ2) is 11.3. The Labute approximate surface area is 207 Å². The van der Waals surface area contributed by atoms with Crippen molar-refractivity contribution in [2.45, 2.75) is 32.3 Å². The van der Waals surface area contributed by atoms with E-state index in [1.807, 2.05) is 54.6 Å². The Morgan fingerprint density at radius 2 is 1.94 bits per heavy atom. The van der Waals surface area contributed by atoms with Gasteiger partial charge in [0.2, 0.25) is 0 Å². The third-order valence-electron chi connectivity index (χ3n) is 5.88. The summed E-state index contributed by atoms with van der Waals surface area (Å²) in [7, 11) is 0. The van der Waals surface area contributed by atoms with E-state index in [9.17, 15) is 14.7 Å². The number of H-pyrrole nitrogens is 1. The van der Waals surface area contributed by atoms with Crippen molar-refractivity contribution < 1.29 is 14.6 Å². The van der Waals surface area contributed by atoms with Crippen LogP contribution in [0.4, 0.5) is 5.69 Å². The highest BCUT2D eigenvalue weighted by molar-refractivity contribution is 7.80. The predicted octanol–water partition coefficient (Wildman–Crippen LogP) is 2.31. The summed E-state index contributed by atoms with van der Waals surface area (Å²) in [5.74, 6) is 0.670. The fourth-order valence-corrected chi connectivity index (χ4v) is 4.14. The molecule has 9 nitrogen and oxygen atoms in total. The fraction of sp³-hybridized carbons (Fsp3) is 0.320. The van der Waals surface area contributed by atoms with Crippen LogP contribution in [-0.2, 0) is 11.3 Å². The molecule has 0 unspecified atom stereocenters. The molecule has 0 radical (unpaired) electrons. The molecule has 4 N–H and O–H groups in total. The SMILES string of the molecule is Cc1cn([C@H]2C[C@H](CNC(=S)Nc3ccc(OCc4ccccc4)cc3)[C@@H](CO)O2)c(=O)[nH]c1=O. The first kappa shape index (κ1) is 24.6. The molecule has 1 fully saturated rings. The molecule has 0 bridgehead atoms. The van der Waals surface area contributed by atoms with Crippen LogP contribution in [0.3, 0.4) is 0 Å². The van der Waals surface area contributed by atoms with Gasteiger partial charge in [-0.25, -0.2) is 4.79 Å². The average Bonchev–Trinajstić information content (AvgIpc) is 3.28. The van der Waals surface area contributed by atoms with E-state index in [0.29, 0.717) is 30.2 Å². The zero-order valence-electron chi connectivity index (χ0n) is 19.3. The largest absolute Gasteiger partial charge is 0.489 e. The van der Waals surface area contributed by atoms with Crippen LogP contribution in [0.2, 0.25) is 0 Å². The molecule has 184 valence electrons. The molecule has 0 aliphatic carbocycles. The molecule has 3 atom stereocenters. The molecule has 3 aromatic rings. The molecular formula is C25H28N4O5S. The Bertz CT molecular complexity index is 1260. The molecular weight excluding hydrogens is 468 g/mol. The van der Waals surface area contributed by atoms with E-state index in [-0.39, 0.29) is 12.5 Å². The average molecular weight is 497 g/mol. The minimum absolute atomic E-state index is 0.0855. The van der Waals surface area contributed by atoms with Gasteiger partial charge >= 0.3 is 5.69 Å². The Hall–Kier alpha value is -3.47. The number of ether oxygens (including phenoxy) is 2. The van der Waals surface area contributed by atoms with Crippen molar-refractivity contribution in [3.8, 4) is 5.75 Å². The number of aromatic nitrogens is 2. The summed E-state index contributed by atoms with van der Waals surface area (Å²) in [6.07, 6.45) is 0.928. The van der Waals surface area contributed by atoms with Crippen molar-refractivity contribution in [3.63, 3.8) is 0 Å². The highest BCUT2D eigenvalue weighted by Gasteiger charge is 2.36. The van der Waals surface area contributed by atoms with Crippen LogP contribution in [0.1, 0.15) is 23.8 Å². The molecule has 0 spiro atoms. The summed E-state index contributed by atoms with van der Waals surface area (Å²) in [5.41, 5.74) is 1.36. The van der Waals surface area contributed by atoms with Crippen molar-refractivity contribution in [1.82, 2.24) is 14.9 Å². The second-order valence-corrected chi connectivity index (χ2v) is 8.83. The van der Waals surface area contributed by atoms with E-state index < -0.39 is 23.6 Å². The monoisotopic (exact) mass is 496 g/mol. The lowest BCUT2D eigenvalue weighted by Crippen LogP contribution is -2.36. The van der Waals surface area contributed by atoms with E-state index in [2.05, 4.69) is 15.6 Å². The van der Waals surface area contributed by atoms with Crippen LogP contribution in [0.5, 0.6) is 5.75 Å². The first-order chi connectivity index (χ1) is 16.9. The molecule has 2 aromatic carbocycles. The van der Waals surface area contributed by atoms with Crippen molar-refractivity contribution in [1.29, 1.82) is 0 Å². The topological polar surface area (TPSA) is 118 Å². The number of hydrogen-bond acceptors (Lipinski definition) is 6. The molecule has 1 aliphatic rings. The van der Waals surface area contributed by atoms with Gasteiger partial charge in [-0.1, -0.05) is 30.3 Å². The van der Waals surface area contributed by atoms with E-state index >= 15 is 0 Å². The number of aliphatic hydroxyl groups excluding tert-OH is 1. The fourth-order valence-electron chi connectivity index (χ4n) is 3.94. The minimum atomic E-state index is -0.577. The summed E-state index contributed by atoms with van der Waals surface area (Å²) in [4.78, 5) is 26.1. The van der Waals surface area contributed by atoms with Gasteiger partial charge < -0.3 is 25.2 Å². The van der Waals surface area contributed by atoms with Gasteiger partial charge in [0.15, 0.2) is 5.11 Å². The molecule has 1 saturated heterocycles. The lowest BCUT2D eigenvalue weighted by Gasteiger charge is -2.18. The Kier molecular flexibility index (Phi) is 7.96. The van der Waals surface area contributed by atoms with E-state index in [1.165, 1.54) is 10.8 Å². The number of thiocarbonyl (C=S) groups is 1. The van der Waals surface area contributed by atoms with Gasteiger partial charge in [-0.3, -0.25) is 14.3 Å². The molecule has 4 rings (SSSR count). The van der Waals surface area contributed by atoms with Crippen molar-refractivity contribution in [2.24, 2.45) is 5.92 Å². The maximum atomic E-state index is 12.2. The number of benzene rings is 2. The number of aliphatic hydroxyl groups is 1. The Morgan fingerprint density at radius 3 is 2.66 bits per heavy atom. The first-order valence-electron chi connectivity index (χ1n) is 11.3. The highest BCUT2D eigenvalue weighted by Crippen LogP contribution is 2.32. The Balaban J connectivity index is 1.28. The molecule has 2 heterocycles. The van der Waals surface area contributed by atoms with Crippen LogP contribution >= 0.6 is 12.2 Å². The molecule has 0 amide bonds. The number of hydrogen-bond donors (Lipinski definition) is 4. The summed E-state index contributed by atoms with van der Waals surface area (Å²) >= 11 is 5.42. The number of aromatic amines is 1. The quantitative estimate of drug-likeness (QED) is 0.351. The van der Waals surface area contributed by atoms with Crippen LogP contribution in [0.15, 0.2) is 70.4 Å². The van der Waals surface area contributed by atoms with Crippen molar-refractivity contribution in [2.75, 3.05) is 18.5 Å². The Morgan fingerprint density at radius 1 is 1.20 bits per heavy atom. The van der Waals surface area contributed by atoms with E-state index in [0.717, 1.165) is 17.0 Å². The van der Waals surface area contributed by atoms with Crippen LogP contribution in [0.25, 0.3) is 0 Å². The summed E-state index contributed by atoms with van der Waals surface area (Å²) in [5, 5.41) is 16.5. The van der Waals surface area contributed by atoms with Gasteiger partial charge in [0.05, 0.1) is 12.7 Å². The zero-order valence-corrected chi connectivity index (χ0v) is 20.1. The number of rotatable bonds is 8. The lowest BCUT2D eigenvalue weighted by atomic mass is 10.0. The van der Waals surface area contributed by atoms with Crippen LogP contribution < -0.4 is 26.6 Å². The third-order valence-corrected chi connectivity index (χ3v) is 6.13. The van der Waals surface area contributed by atoms with Crippen LogP contribution in [0, 0.1) is 12.8 Å². The standard InChI is InChI=1S/C25H28N4O5S/c1-16-13-29(25(32)28-23(16)31)22-11-18(21(14-30)34-22)12-26-24(35)27-19-7-9-20(10-8-19)33-15-17-5-3-2-4-6-17/h2-10,13,18,21-22,30H,11-12,14-15H2,1H3,(H2,26,27,35)(H,28,31,32)/t18-,21-,22-/m1/s1. The molecule has 35 heavy (non-hydrogen) atoms. The predicted molar refractivity (Wildman–Crippen MR) is 137 cm³/mol. The summed E-state index contributed by atoms with van der Waals surface area (Å²) < 4.78 is 13.0. The third kappa shape index (κ3) is 6.36. The van der Waals surface area contributed by atoms with Gasteiger partial charge in [-0.15, -0.1) is 0 Å². The van der Waals surface area contributed by atoms with Gasteiger partial charge in [-0.2, -0.15) is 0 Å². The molecule has 0 saturated carbocycles. The number of anilines is 1. The highest BCUT2D eigenvalue weighted by atomic mass is 32.1. The van der Waals surface area contributed by atoms with Crippen LogP contribution in [-0.4, -0.2) is 39.0 Å². The first-order valence-corrected chi connectivity index (χ1v) is 11.7. The number of nitrogens with one attached hydrogen (secondary N) is 3. The van der Waals surface area contributed by atoms with E-state index in [4.69, 9.17) is 21.7 Å². The zero-order chi connectivity index (χ0) is 24.8. The van der Waals surface area contributed by atoms with Crippen molar-refractivity contribution in [3.05, 3.63) is 92.8 Å². The molecule has 10 heteroatoms. The van der Waals surface area contributed by atoms with Crippen molar-refractivity contribution >= 4 is 23.0 Å². The second-order valence-electron chi connectivity index (χ2n) is 8.42. The van der Waals surface area contributed by atoms with E-state index in [1.54, 1.807) is 6.92 Å². The van der Waals surface area contributed by atoms with Gasteiger partial charge in [0.25, 0.3) is 5.56 Å². The van der Waals surface area contributed by atoms with Gasteiger partial charge in [-0.05, 0) is 55.4 Å². The number of nitrogens with zero attached hydrogens (tertiary/aromatic N) is 1. The normalized spacial score (nSPS) is 19.3. The lowest BCUT2D eigenvalue weighted by molar-refractivity contribution is -0.0322. The summed E-state index contributed by atoms with van der Waals surface area (Å²) in [6.45, 7) is 2.38. The van der Waals surface area contributed by atoms with Gasteiger partial charge in [0.1, 0.15) is 18.6 Å². The molecule has 1 aromatic heterocycles. The molecule has 1 aliphatic heterocycles. The minimum Gasteiger partial charge on any atom is -0.489 e. The maximum absolute atomic E-state index is 12.2. The van der Waals surface area contributed by atoms with Gasteiger partial charge in [0, 0.05) is 29.9 Å².